The number of likely N-dealkylation sites (N-methyl/N-ethyl adjacent to an activating group) is 1. The number of nitrogens with one attached hydrogen (secondary N) is 1. The van der Waals surface area contributed by atoms with Crippen molar-refractivity contribution in [3.05, 3.63) is 37.2 Å². The molecule has 3 N–H and O–H groups in total. The van der Waals surface area contributed by atoms with E-state index < -0.39 is 0 Å². The molecule has 0 aromatic carbocycles. The molecule has 0 saturated carbocycles. The van der Waals surface area contributed by atoms with E-state index in [1.165, 1.54) is 6.33 Å². The Morgan fingerprint density at radius 2 is 2.20 bits per heavy atom. The van der Waals surface area contributed by atoms with E-state index in [1.54, 1.807) is 18.6 Å². The minimum Gasteiger partial charge on any atom is -0.491 e. The monoisotopic (exact) mass is 338 g/mol. The van der Waals surface area contributed by atoms with Gasteiger partial charge in [0.05, 0.1) is 10.9 Å². The summed E-state index contributed by atoms with van der Waals surface area (Å²) < 4.78 is 6.18. The molecule has 0 amide bonds. The number of hydrogen-bond acceptors (Lipinski definition) is 6. The molecule has 4 rings (SSSR count). The van der Waals surface area contributed by atoms with Crippen molar-refractivity contribution in [3.8, 4) is 16.9 Å². The first kappa shape index (κ1) is 16.0. The maximum atomic E-state index is 6.56. The van der Waals surface area contributed by atoms with E-state index in [0.29, 0.717) is 6.61 Å². The summed E-state index contributed by atoms with van der Waals surface area (Å²) in [5.41, 5.74) is 8.91. The van der Waals surface area contributed by atoms with Gasteiger partial charge in [0.15, 0.2) is 0 Å². The topological polar surface area (TPSA) is 92.9 Å². The van der Waals surface area contributed by atoms with Crippen molar-refractivity contribution < 1.29 is 4.74 Å². The second-order valence-corrected chi connectivity index (χ2v) is 6.85. The highest BCUT2D eigenvalue weighted by Crippen LogP contribution is 2.34. The Bertz CT molecular complexity index is 864. The van der Waals surface area contributed by atoms with Crippen molar-refractivity contribution in [1.82, 2.24) is 24.8 Å². The molecule has 0 bridgehead atoms. The zero-order chi connectivity index (χ0) is 17.3. The van der Waals surface area contributed by atoms with Crippen LogP contribution in [0, 0.1) is 0 Å². The molecule has 0 radical (unpaired) electrons. The van der Waals surface area contributed by atoms with E-state index in [4.69, 9.17) is 10.5 Å². The number of fused-ring (bicyclic) bond motifs is 1. The van der Waals surface area contributed by atoms with Crippen LogP contribution in [0.25, 0.3) is 22.2 Å². The SMILES string of the molecule is CN1CCC[C@@](N)(COc2ccnc3[nH]cc(-c4cncnc4)c23)C1. The van der Waals surface area contributed by atoms with Crippen LogP contribution in [0.3, 0.4) is 0 Å². The molecule has 7 heteroatoms. The maximum Gasteiger partial charge on any atom is 0.141 e. The molecule has 1 aliphatic rings. The molecule has 0 unspecified atom stereocenters. The lowest BCUT2D eigenvalue weighted by molar-refractivity contribution is 0.122. The Hall–Kier alpha value is -2.51. The lowest BCUT2D eigenvalue weighted by Crippen LogP contribution is -2.56. The number of nitrogens with two attached hydrogens (primary N) is 1. The summed E-state index contributed by atoms with van der Waals surface area (Å²) in [6.07, 6.45) is 10.8. The lowest BCUT2D eigenvalue weighted by atomic mass is 9.91. The number of ether oxygens (including phenoxy) is 1. The highest BCUT2D eigenvalue weighted by molar-refractivity contribution is 5.97. The van der Waals surface area contributed by atoms with Gasteiger partial charge >= 0.3 is 0 Å². The highest BCUT2D eigenvalue weighted by Gasteiger charge is 2.31. The fourth-order valence-corrected chi connectivity index (χ4v) is 3.55. The van der Waals surface area contributed by atoms with E-state index in [-0.39, 0.29) is 5.54 Å². The maximum absolute atomic E-state index is 6.56. The summed E-state index contributed by atoms with van der Waals surface area (Å²) in [5.74, 6) is 0.781. The van der Waals surface area contributed by atoms with E-state index in [9.17, 15) is 0 Å². The molecule has 3 aromatic heterocycles. The van der Waals surface area contributed by atoms with Crippen LogP contribution in [-0.4, -0.2) is 57.1 Å². The lowest BCUT2D eigenvalue weighted by Gasteiger charge is -2.38. The van der Waals surface area contributed by atoms with E-state index >= 15 is 0 Å². The number of aromatic amines is 1. The molecule has 25 heavy (non-hydrogen) atoms. The first-order valence-electron chi connectivity index (χ1n) is 8.46. The molecule has 130 valence electrons. The van der Waals surface area contributed by atoms with Crippen LogP contribution in [-0.2, 0) is 0 Å². The standard InChI is InChI=1S/C18H22N6O/c1-24-6-2-4-18(19,10-24)11-25-15-3-5-22-17-16(15)14(9-23-17)13-7-20-12-21-8-13/h3,5,7-9,12H,2,4,6,10-11,19H2,1H3,(H,22,23)/t18-/m0/s1. The molecule has 1 aliphatic heterocycles. The number of piperidine rings is 1. The number of pyridine rings is 1. The molecule has 7 nitrogen and oxygen atoms in total. The Morgan fingerprint density at radius 3 is 3.00 bits per heavy atom. The third-order valence-corrected chi connectivity index (χ3v) is 4.72. The van der Waals surface area contributed by atoms with E-state index in [1.807, 2.05) is 12.3 Å². The van der Waals surface area contributed by atoms with Crippen LogP contribution in [0.4, 0.5) is 0 Å². The van der Waals surface area contributed by atoms with Gasteiger partial charge < -0.3 is 20.4 Å². The van der Waals surface area contributed by atoms with Crippen LogP contribution in [0.15, 0.2) is 37.2 Å². The molecule has 3 aromatic rings. The van der Waals surface area contributed by atoms with Crippen LogP contribution in [0.1, 0.15) is 12.8 Å². The summed E-state index contributed by atoms with van der Waals surface area (Å²) >= 11 is 0. The third-order valence-electron chi connectivity index (χ3n) is 4.72. The number of H-pyrrole nitrogens is 1. The van der Waals surface area contributed by atoms with Crippen LogP contribution in [0.2, 0.25) is 0 Å². The van der Waals surface area contributed by atoms with Gasteiger partial charge in [-0.1, -0.05) is 0 Å². The smallest absolute Gasteiger partial charge is 0.141 e. The predicted octanol–water partition coefficient (Wildman–Crippen LogP) is 1.82. The molecule has 4 heterocycles. The number of rotatable bonds is 4. The molecular weight excluding hydrogens is 316 g/mol. The number of nitrogens with zero attached hydrogens (tertiary/aromatic N) is 4. The normalized spacial score (nSPS) is 21.5. The van der Waals surface area contributed by atoms with Crippen molar-refractivity contribution in [3.63, 3.8) is 0 Å². The van der Waals surface area contributed by atoms with Crippen LogP contribution < -0.4 is 10.5 Å². The molecule has 1 saturated heterocycles. The fourth-order valence-electron chi connectivity index (χ4n) is 3.55. The zero-order valence-corrected chi connectivity index (χ0v) is 14.3. The molecule has 1 fully saturated rings. The van der Waals surface area contributed by atoms with Crippen molar-refractivity contribution in [2.45, 2.75) is 18.4 Å². The van der Waals surface area contributed by atoms with Crippen LogP contribution in [0.5, 0.6) is 5.75 Å². The molecule has 1 atom stereocenters. The Labute approximate surface area is 146 Å². The zero-order valence-electron chi connectivity index (χ0n) is 14.3. The minimum absolute atomic E-state index is 0.324. The van der Waals surface area contributed by atoms with Crippen molar-refractivity contribution >= 4 is 11.0 Å². The Kier molecular flexibility index (Phi) is 4.10. The second-order valence-electron chi connectivity index (χ2n) is 6.85. The fraction of sp³-hybridized carbons (Fsp3) is 0.389. The predicted molar refractivity (Wildman–Crippen MR) is 96.3 cm³/mol. The molecule has 0 aliphatic carbocycles. The van der Waals surface area contributed by atoms with Gasteiger partial charge in [0.2, 0.25) is 0 Å². The van der Waals surface area contributed by atoms with Crippen molar-refractivity contribution in [1.29, 1.82) is 0 Å². The van der Waals surface area contributed by atoms with Gasteiger partial charge in [0.25, 0.3) is 0 Å². The minimum atomic E-state index is -0.324. The summed E-state index contributed by atoms with van der Waals surface area (Å²) in [6.45, 7) is 2.41. The molecule has 0 spiro atoms. The quantitative estimate of drug-likeness (QED) is 0.754. The summed E-state index contributed by atoms with van der Waals surface area (Å²) in [5, 5.41) is 0.935. The van der Waals surface area contributed by atoms with Gasteiger partial charge in [-0.05, 0) is 32.5 Å². The number of likely N-dealkylation sites (tertiary alicyclic amines) is 1. The first-order chi connectivity index (χ1) is 12.1. The highest BCUT2D eigenvalue weighted by atomic mass is 16.5. The average molecular weight is 338 g/mol. The van der Waals surface area contributed by atoms with Crippen LogP contribution >= 0.6 is 0 Å². The summed E-state index contributed by atoms with van der Waals surface area (Å²) in [7, 11) is 2.10. The molecular formula is C18H22N6O. The van der Waals surface area contributed by atoms with Crippen molar-refractivity contribution in [2.75, 3.05) is 26.7 Å². The Balaban J connectivity index is 1.65. The third kappa shape index (κ3) is 3.20. The van der Waals surface area contributed by atoms with E-state index in [0.717, 1.165) is 53.8 Å². The number of hydrogen-bond donors (Lipinski definition) is 2. The largest absolute Gasteiger partial charge is 0.491 e. The summed E-state index contributed by atoms with van der Waals surface area (Å²) in [4.78, 5) is 18.1. The first-order valence-corrected chi connectivity index (χ1v) is 8.46. The Morgan fingerprint density at radius 1 is 1.36 bits per heavy atom. The van der Waals surface area contributed by atoms with Gasteiger partial charge in [-0.15, -0.1) is 0 Å². The van der Waals surface area contributed by atoms with Gasteiger partial charge in [-0.25, -0.2) is 15.0 Å². The summed E-state index contributed by atoms with van der Waals surface area (Å²) in [6, 6.07) is 1.89. The second kappa shape index (κ2) is 6.42. The number of aromatic nitrogens is 4. The van der Waals surface area contributed by atoms with E-state index in [2.05, 4.69) is 31.9 Å². The van der Waals surface area contributed by atoms with Gasteiger partial charge in [0, 0.05) is 42.5 Å². The average Bonchev–Trinajstić information content (AvgIpc) is 3.05. The van der Waals surface area contributed by atoms with Crippen molar-refractivity contribution in [2.24, 2.45) is 5.73 Å². The van der Waals surface area contributed by atoms with Gasteiger partial charge in [-0.2, -0.15) is 0 Å². The van der Waals surface area contributed by atoms with Gasteiger partial charge in [-0.3, -0.25) is 0 Å². The van der Waals surface area contributed by atoms with Gasteiger partial charge in [0.1, 0.15) is 24.3 Å².